The summed E-state index contributed by atoms with van der Waals surface area (Å²) in [6.45, 7) is 13.0. The quantitative estimate of drug-likeness (QED) is 0.758. The highest BCUT2D eigenvalue weighted by molar-refractivity contribution is 5.52. The van der Waals surface area contributed by atoms with Crippen LogP contribution in [0.3, 0.4) is 0 Å². The van der Waals surface area contributed by atoms with Crippen LogP contribution in [0.4, 0.5) is 0 Å². The molecule has 1 N–H and O–H groups in total. The van der Waals surface area contributed by atoms with E-state index in [0.29, 0.717) is 5.75 Å². The molecular formula is C19H26BrNO. The van der Waals surface area contributed by atoms with Crippen LogP contribution in [0.2, 0.25) is 0 Å². The number of hydrogen-bond acceptors (Lipinski definition) is 1. The smallest absolute Gasteiger partial charge is 0.253 e. The molecule has 3 heteroatoms. The van der Waals surface area contributed by atoms with Crippen molar-refractivity contribution in [2.75, 3.05) is 0 Å². The number of halogens is 1. The minimum Gasteiger partial charge on any atom is -1.00 e. The molecule has 2 rings (SSSR count). The van der Waals surface area contributed by atoms with E-state index in [1.54, 1.807) is 0 Å². The van der Waals surface area contributed by atoms with Gasteiger partial charge in [0.25, 0.3) is 5.69 Å². The highest BCUT2D eigenvalue weighted by Gasteiger charge is 2.28. The Bertz CT molecular complexity index is 637. The van der Waals surface area contributed by atoms with Gasteiger partial charge in [-0.15, -0.1) is 0 Å². The summed E-state index contributed by atoms with van der Waals surface area (Å²) in [5.41, 5.74) is 3.00. The van der Waals surface area contributed by atoms with Crippen LogP contribution in [0.15, 0.2) is 42.7 Å². The zero-order valence-corrected chi connectivity index (χ0v) is 15.9. The Labute approximate surface area is 144 Å². The van der Waals surface area contributed by atoms with Gasteiger partial charge in [0.05, 0.1) is 0 Å². The molecule has 1 aromatic heterocycles. The van der Waals surface area contributed by atoms with Crippen molar-refractivity contribution in [3.8, 4) is 11.4 Å². The molecule has 1 heterocycles. The average Bonchev–Trinajstić information content (AvgIpc) is 2.37. The van der Waals surface area contributed by atoms with Crippen molar-refractivity contribution >= 4 is 0 Å². The van der Waals surface area contributed by atoms with Crippen LogP contribution in [-0.2, 0) is 10.8 Å². The summed E-state index contributed by atoms with van der Waals surface area (Å²) in [5, 5.41) is 10.7. The lowest BCUT2D eigenvalue weighted by Crippen LogP contribution is -3.00. The van der Waals surface area contributed by atoms with Crippen molar-refractivity contribution in [3.63, 3.8) is 0 Å². The highest BCUT2D eigenvalue weighted by Crippen LogP contribution is 2.37. The zero-order valence-electron chi connectivity index (χ0n) is 14.3. The number of phenols is 1. The van der Waals surface area contributed by atoms with Crippen LogP contribution < -0.4 is 21.5 Å². The van der Waals surface area contributed by atoms with E-state index in [0.717, 1.165) is 11.3 Å². The van der Waals surface area contributed by atoms with E-state index >= 15 is 0 Å². The zero-order chi connectivity index (χ0) is 15.8. The summed E-state index contributed by atoms with van der Waals surface area (Å²) in [6.07, 6.45) is 3.93. The van der Waals surface area contributed by atoms with Gasteiger partial charge >= 0.3 is 0 Å². The van der Waals surface area contributed by atoms with E-state index < -0.39 is 0 Å². The molecule has 0 fully saturated rings. The third kappa shape index (κ3) is 3.89. The fourth-order valence-electron chi connectivity index (χ4n) is 2.38. The van der Waals surface area contributed by atoms with Crippen molar-refractivity contribution in [2.45, 2.75) is 52.4 Å². The predicted molar refractivity (Wildman–Crippen MR) is 87.0 cm³/mol. The average molecular weight is 364 g/mol. The molecule has 0 saturated heterocycles. The van der Waals surface area contributed by atoms with E-state index in [1.807, 2.05) is 35.2 Å². The molecule has 0 aliphatic rings. The van der Waals surface area contributed by atoms with Crippen molar-refractivity contribution < 1.29 is 26.7 Å². The lowest BCUT2D eigenvalue weighted by Gasteiger charge is -2.26. The fraction of sp³-hybridized carbons (Fsp3) is 0.421. The van der Waals surface area contributed by atoms with Crippen LogP contribution in [0.1, 0.15) is 52.7 Å². The molecular weight excluding hydrogens is 338 g/mol. The van der Waals surface area contributed by atoms with Gasteiger partial charge < -0.3 is 22.1 Å². The van der Waals surface area contributed by atoms with Gasteiger partial charge in [-0.05, 0) is 16.4 Å². The lowest BCUT2D eigenvalue weighted by atomic mass is 9.79. The van der Waals surface area contributed by atoms with Crippen molar-refractivity contribution in [3.05, 3.63) is 53.9 Å². The number of aromatic hydroxyl groups is 1. The number of hydrogen-bond donors (Lipinski definition) is 1. The summed E-state index contributed by atoms with van der Waals surface area (Å²) in [4.78, 5) is 0. The first kappa shape index (κ1) is 18.7. The first-order chi connectivity index (χ1) is 9.60. The number of rotatable bonds is 1. The second kappa shape index (κ2) is 6.41. The molecule has 0 aliphatic carbocycles. The topological polar surface area (TPSA) is 24.1 Å². The second-order valence-electron chi connectivity index (χ2n) is 7.67. The summed E-state index contributed by atoms with van der Waals surface area (Å²) >= 11 is 0. The van der Waals surface area contributed by atoms with Gasteiger partial charge in [-0.1, -0.05) is 53.7 Å². The van der Waals surface area contributed by atoms with Crippen molar-refractivity contribution in [1.29, 1.82) is 0 Å². The maximum absolute atomic E-state index is 10.7. The minimum absolute atomic E-state index is 0. The van der Waals surface area contributed by atoms with Gasteiger partial charge in [0.15, 0.2) is 18.1 Å². The van der Waals surface area contributed by atoms with Gasteiger partial charge in [0, 0.05) is 23.8 Å². The molecule has 0 aliphatic heterocycles. The fourth-order valence-corrected chi connectivity index (χ4v) is 2.38. The first-order valence-corrected chi connectivity index (χ1v) is 7.45. The molecule has 22 heavy (non-hydrogen) atoms. The largest absolute Gasteiger partial charge is 1.00 e. The molecule has 0 spiro atoms. The maximum Gasteiger partial charge on any atom is 0.253 e. The monoisotopic (exact) mass is 363 g/mol. The Morgan fingerprint density at radius 1 is 0.818 bits per heavy atom. The molecule has 120 valence electrons. The van der Waals surface area contributed by atoms with E-state index in [4.69, 9.17) is 0 Å². The summed E-state index contributed by atoms with van der Waals surface area (Å²) < 4.78 is 1.97. The summed E-state index contributed by atoms with van der Waals surface area (Å²) in [6, 6.07) is 10.2. The molecule has 1 aromatic carbocycles. The first-order valence-electron chi connectivity index (χ1n) is 7.45. The van der Waals surface area contributed by atoms with Crippen molar-refractivity contribution in [1.82, 2.24) is 0 Å². The van der Waals surface area contributed by atoms with E-state index in [2.05, 4.69) is 53.7 Å². The Hall–Kier alpha value is -1.35. The summed E-state index contributed by atoms with van der Waals surface area (Å²) in [5.74, 6) is 0.367. The molecule has 0 unspecified atom stereocenters. The van der Waals surface area contributed by atoms with Gasteiger partial charge in [-0.3, -0.25) is 0 Å². The standard InChI is InChI=1S/C19H25NO.BrH/c1-18(2,3)14-12-15(19(4,5)6)17(21)16(13-14)20-10-8-7-9-11-20;/h7-13H,1-6H3;1H. The van der Waals surface area contributed by atoms with E-state index in [9.17, 15) is 5.11 Å². The minimum atomic E-state index is -0.102. The number of nitrogens with zero attached hydrogens (tertiary/aromatic N) is 1. The molecule has 2 nitrogen and oxygen atoms in total. The third-order valence-electron chi connectivity index (χ3n) is 3.76. The molecule has 0 saturated carbocycles. The molecule has 0 atom stereocenters. The Morgan fingerprint density at radius 2 is 1.36 bits per heavy atom. The van der Waals surface area contributed by atoms with Gasteiger partial charge in [-0.25, -0.2) is 0 Å². The molecule has 0 amide bonds. The molecule has 0 bridgehead atoms. The molecule has 0 radical (unpaired) electrons. The van der Waals surface area contributed by atoms with Gasteiger partial charge in [0.2, 0.25) is 0 Å². The third-order valence-corrected chi connectivity index (χ3v) is 3.76. The van der Waals surface area contributed by atoms with Crippen molar-refractivity contribution in [2.24, 2.45) is 0 Å². The molecule has 2 aromatic rings. The van der Waals surface area contributed by atoms with Crippen LogP contribution >= 0.6 is 0 Å². The van der Waals surface area contributed by atoms with Crippen LogP contribution in [0, 0.1) is 0 Å². The summed E-state index contributed by atoms with van der Waals surface area (Å²) in [7, 11) is 0. The van der Waals surface area contributed by atoms with Gasteiger partial charge in [0.1, 0.15) is 0 Å². The predicted octanol–water partition coefficient (Wildman–Crippen LogP) is 1.27. The number of benzene rings is 1. The number of aromatic nitrogens is 1. The highest BCUT2D eigenvalue weighted by atomic mass is 79.9. The van der Waals surface area contributed by atoms with Gasteiger partial charge in [-0.2, -0.15) is 4.57 Å². The normalized spacial score (nSPS) is 11.9. The van der Waals surface area contributed by atoms with E-state index in [1.165, 1.54) is 5.56 Å². The maximum atomic E-state index is 10.7. The number of pyridine rings is 1. The lowest BCUT2D eigenvalue weighted by molar-refractivity contribution is -0.596. The SMILES string of the molecule is CC(C)(C)c1cc(-[n+]2ccccc2)c(O)c(C(C)(C)C)c1.[Br-]. The second-order valence-corrected chi connectivity index (χ2v) is 7.67. The van der Waals surface area contributed by atoms with Crippen LogP contribution in [0.25, 0.3) is 5.69 Å². The number of phenolic OH excluding ortho intramolecular Hbond substituents is 1. The Balaban J connectivity index is 0.00000242. The van der Waals surface area contributed by atoms with Crippen LogP contribution in [0.5, 0.6) is 5.75 Å². The Kier molecular flexibility index (Phi) is 5.45. The van der Waals surface area contributed by atoms with Crippen LogP contribution in [-0.4, -0.2) is 5.11 Å². The van der Waals surface area contributed by atoms with E-state index in [-0.39, 0.29) is 27.8 Å². The Morgan fingerprint density at radius 3 is 1.82 bits per heavy atom.